The first-order chi connectivity index (χ1) is 15.1. The molecule has 0 aliphatic rings. The first-order valence-electron chi connectivity index (χ1n) is 11.1. The maximum absolute atomic E-state index is 10.7. The number of aldehydes is 1. The molecule has 3 rings (SSSR count). The van der Waals surface area contributed by atoms with Crippen LogP contribution in [0.2, 0.25) is 0 Å². The van der Waals surface area contributed by atoms with E-state index < -0.39 is 0 Å². The Hall–Kier alpha value is -2.66. The highest BCUT2D eigenvalue weighted by Gasteiger charge is 2.13. The van der Waals surface area contributed by atoms with Crippen LogP contribution in [0.5, 0.6) is 11.5 Å². The minimum Gasteiger partial charge on any atom is -0.507 e. The van der Waals surface area contributed by atoms with Gasteiger partial charge in [0.25, 0.3) is 0 Å². The van der Waals surface area contributed by atoms with Gasteiger partial charge in [0.2, 0.25) is 0 Å². The molecule has 0 radical (unpaired) electrons. The van der Waals surface area contributed by atoms with Crippen molar-refractivity contribution in [3.8, 4) is 22.1 Å². The minimum absolute atomic E-state index is 0.469. The molecule has 0 atom stereocenters. The lowest BCUT2D eigenvalue weighted by Crippen LogP contribution is -2.01. The Bertz CT molecular complexity index is 950. The van der Waals surface area contributed by atoms with E-state index in [0.717, 1.165) is 84.4 Å². The van der Waals surface area contributed by atoms with Gasteiger partial charge in [0, 0.05) is 22.9 Å². The van der Waals surface area contributed by atoms with Crippen molar-refractivity contribution in [2.24, 2.45) is 0 Å². The molecule has 4 nitrogen and oxygen atoms in total. The van der Waals surface area contributed by atoms with E-state index in [1.807, 2.05) is 12.1 Å². The van der Waals surface area contributed by atoms with Gasteiger partial charge < -0.3 is 9.84 Å². The molecule has 0 spiro atoms. The SMILES string of the molecule is CCCCc1cc(-c2nc(CCOc3ccc(C=O)cc3)cs2)cc(CCCC)c1O. The summed E-state index contributed by atoms with van der Waals surface area (Å²) in [6.07, 6.45) is 7.67. The van der Waals surface area contributed by atoms with Gasteiger partial charge in [0.05, 0.1) is 12.3 Å². The molecule has 2 aromatic carbocycles. The van der Waals surface area contributed by atoms with E-state index in [9.17, 15) is 9.90 Å². The Balaban J connectivity index is 1.69. The number of aryl methyl sites for hydroxylation is 2. The number of hydrogen-bond donors (Lipinski definition) is 1. The van der Waals surface area contributed by atoms with Crippen molar-refractivity contribution in [3.63, 3.8) is 0 Å². The summed E-state index contributed by atoms with van der Waals surface area (Å²) in [5.41, 5.74) is 4.80. The van der Waals surface area contributed by atoms with Gasteiger partial charge in [-0.2, -0.15) is 0 Å². The van der Waals surface area contributed by atoms with Crippen molar-refractivity contribution >= 4 is 17.6 Å². The van der Waals surface area contributed by atoms with Crippen LogP contribution in [0.1, 0.15) is 66.7 Å². The van der Waals surface area contributed by atoms with Crippen molar-refractivity contribution in [3.05, 3.63) is 64.2 Å². The second-order valence-corrected chi connectivity index (χ2v) is 8.64. The normalized spacial score (nSPS) is 10.9. The van der Waals surface area contributed by atoms with E-state index in [4.69, 9.17) is 9.72 Å². The van der Waals surface area contributed by atoms with Gasteiger partial charge in [0.1, 0.15) is 22.8 Å². The van der Waals surface area contributed by atoms with Crippen LogP contribution in [0, 0.1) is 0 Å². The summed E-state index contributed by atoms with van der Waals surface area (Å²) in [6.45, 7) is 4.87. The average molecular weight is 438 g/mol. The molecular weight excluding hydrogens is 406 g/mol. The summed E-state index contributed by atoms with van der Waals surface area (Å²) in [6, 6.07) is 11.3. The second-order valence-electron chi connectivity index (χ2n) is 7.78. The fraction of sp³-hybridized carbons (Fsp3) is 0.385. The number of carbonyl (C=O) groups excluding carboxylic acids is 1. The summed E-state index contributed by atoms with van der Waals surface area (Å²) in [7, 11) is 0. The van der Waals surface area contributed by atoms with Crippen molar-refractivity contribution in [2.45, 2.75) is 58.8 Å². The van der Waals surface area contributed by atoms with Crippen LogP contribution in [0.15, 0.2) is 41.8 Å². The van der Waals surface area contributed by atoms with Crippen molar-refractivity contribution in [2.75, 3.05) is 6.61 Å². The summed E-state index contributed by atoms with van der Waals surface area (Å²) < 4.78 is 5.78. The number of aromatic hydroxyl groups is 1. The van der Waals surface area contributed by atoms with E-state index in [0.29, 0.717) is 17.9 Å². The van der Waals surface area contributed by atoms with Crippen LogP contribution in [-0.2, 0) is 19.3 Å². The molecule has 0 aliphatic carbocycles. The Morgan fingerprint density at radius 3 is 2.23 bits per heavy atom. The van der Waals surface area contributed by atoms with Crippen LogP contribution in [0.3, 0.4) is 0 Å². The molecular formula is C26H31NO3S. The number of nitrogens with zero attached hydrogens (tertiary/aromatic N) is 1. The van der Waals surface area contributed by atoms with Crippen LogP contribution >= 0.6 is 11.3 Å². The predicted molar refractivity (Wildman–Crippen MR) is 127 cm³/mol. The fourth-order valence-electron chi connectivity index (χ4n) is 3.47. The standard InChI is InChI=1S/C26H31NO3S/c1-3-5-7-20-15-22(16-21(25(20)29)8-6-4-2)26-27-23(18-31-26)13-14-30-24-11-9-19(17-28)10-12-24/h9-12,15-18,29H,3-8,13-14H2,1-2H3. The fourth-order valence-corrected chi connectivity index (χ4v) is 4.31. The minimum atomic E-state index is 0.469. The molecule has 5 heteroatoms. The molecule has 1 heterocycles. The van der Waals surface area contributed by atoms with E-state index >= 15 is 0 Å². The van der Waals surface area contributed by atoms with Crippen molar-refractivity contribution in [1.29, 1.82) is 0 Å². The maximum Gasteiger partial charge on any atom is 0.150 e. The first-order valence-corrected chi connectivity index (χ1v) is 12.0. The van der Waals surface area contributed by atoms with Crippen molar-refractivity contribution in [1.82, 2.24) is 4.98 Å². The van der Waals surface area contributed by atoms with E-state index in [2.05, 4.69) is 31.4 Å². The maximum atomic E-state index is 10.7. The van der Waals surface area contributed by atoms with Crippen LogP contribution in [0.4, 0.5) is 0 Å². The lowest BCUT2D eigenvalue weighted by molar-refractivity contribution is 0.112. The number of phenols is 1. The molecule has 0 saturated heterocycles. The Labute approximate surface area is 188 Å². The third-order valence-corrected chi connectivity index (χ3v) is 6.25. The van der Waals surface area contributed by atoms with E-state index in [-0.39, 0.29) is 0 Å². The summed E-state index contributed by atoms with van der Waals surface area (Å²) in [4.78, 5) is 15.6. The van der Waals surface area contributed by atoms with Gasteiger partial charge in [-0.3, -0.25) is 4.79 Å². The van der Waals surface area contributed by atoms with Crippen LogP contribution in [-0.4, -0.2) is 23.0 Å². The topological polar surface area (TPSA) is 59.4 Å². The zero-order valence-corrected chi connectivity index (χ0v) is 19.2. The number of phenolic OH excluding ortho intramolecular Hbond substituents is 1. The monoisotopic (exact) mass is 437 g/mol. The second kappa shape index (κ2) is 11.7. The number of hydrogen-bond acceptors (Lipinski definition) is 5. The molecule has 1 aromatic heterocycles. The predicted octanol–water partition coefficient (Wildman–Crippen LogP) is 6.63. The van der Waals surface area contributed by atoms with Crippen molar-refractivity contribution < 1.29 is 14.6 Å². The molecule has 31 heavy (non-hydrogen) atoms. The number of unbranched alkanes of at least 4 members (excludes halogenated alkanes) is 2. The van der Waals surface area contributed by atoms with Gasteiger partial charge in [-0.15, -0.1) is 11.3 Å². The Morgan fingerprint density at radius 1 is 1.00 bits per heavy atom. The smallest absolute Gasteiger partial charge is 0.150 e. The highest BCUT2D eigenvalue weighted by Crippen LogP contribution is 2.33. The molecule has 0 amide bonds. The van der Waals surface area contributed by atoms with E-state index in [1.54, 1.807) is 23.5 Å². The summed E-state index contributed by atoms with van der Waals surface area (Å²) >= 11 is 1.64. The average Bonchev–Trinajstić information content (AvgIpc) is 3.27. The van der Waals surface area contributed by atoms with Gasteiger partial charge in [0.15, 0.2) is 0 Å². The third kappa shape index (κ3) is 6.41. The highest BCUT2D eigenvalue weighted by atomic mass is 32.1. The number of thiazole rings is 1. The zero-order chi connectivity index (χ0) is 22.1. The molecule has 1 N–H and O–H groups in total. The van der Waals surface area contributed by atoms with Crippen LogP contribution in [0.25, 0.3) is 10.6 Å². The van der Waals surface area contributed by atoms with Crippen LogP contribution < -0.4 is 4.74 Å². The first kappa shape index (κ1) is 23.0. The Morgan fingerprint density at radius 2 is 1.65 bits per heavy atom. The summed E-state index contributed by atoms with van der Waals surface area (Å²) in [5, 5.41) is 13.8. The number of ether oxygens (including phenoxy) is 1. The largest absolute Gasteiger partial charge is 0.507 e. The number of benzene rings is 2. The van der Waals surface area contributed by atoms with Gasteiger partial charge in [-0.05, 0) is 73.2 Å². The molecule has 3 aromatic rings. The van der Waals surface area contributed by atoms with Gasteiger partial charge in [-0.1, -0.05) is 26.7 Å². The molecule has 0 fully saturated rings. The molecule has 0 aliphatic heterocycles. The highest BCUT2D eigenvalue weighted by molar-refractivity contribution is 7.13. The zero-order valence-electron chi connectivity index (χ0n) is 18.4. The lowest BCUT2D eigenvalue weighted by atomic mass is 9.97. The van der Waals surface area contributed by atoms with Gasteiger partial charge >= 0.3 is 0 Å². The lowest BCUT2D eigenvalue weighted by Gasteiger charge is -2.12. The molecule has 0 saturated carbocycles. The number of rotatable bonds is 12. The Kier molecular flexibility index (Phi) is 8.65. The molecule has 0 unspecified atom stereocenters. The molecule has 0 bridgehead atoms. The third-order valence-electron chi connectivity index (χ3n) is 5.31. The summed E-state index contributed by atoms with van der Waals surface area (Å²) in [5.74, 6) is 1.22. The molecule has 164 valence electrons. The van der Waals surface area contributed by atoms with E-state index in [1.165, 1.54) is 0 Å². The van der Waals surface area contributed by atoms with Gasteiger partial charge in [-0.25, -0.2) is 4.98 Å². The quantitative estimate of drug-likeness (QED) is 0.323. The number of carbonyl (C=O) groups is 1. The number of aromatic nitrogens is 1.